The molecule has 2 heteroatoms. The molecule has 1 rings (SSSR count). The largest absolute Gasteiger partial charge is 0.491 e. The maximum atomic E-state index is 5.48. The zero-order valence-corrected chi connectivity index (χ0v) is 8.95. The predicted octanol–water partition coefficient (Wildman–Crippen LogP) is 2.66. The lowest BCUT2D eigenvalue weighted by Crippen LogP contribution is -2.06. The zero-order chi connectivity index (χ0) is 10.2. The first kappa shape index (κ1) is 11.1. The lowest BCUT2D eigenvalue weighted by Gasteiger charge is -2.06. The van der Waals surface area contributed by atoms with Gasteiger partial charge in [-0.25, -0.2) is 0 Å². The molecule has 0 aromatic heterocycles. The van der Waals surface area contributed by atoms with E-state index in [0.29, 0.717) is 13.2 Å². The van der Waals surface area contributed by atoms with E-state index in [1.54, 1.807) is 0 Å². The number of rotatable bonds is 6. The second kappa shape index (κ2) is 6.44. The Morgan fingerprint density at radius 2 is 1.71 bits per heavy atom. The normalized spacial score (nSPS) is 10.1. The standard InChI is InChI=1S/C12H18O2/c1-3-11-5-7-12(8-6-11)14-10-9-13-4-2/h5-8H,3-4,9-10H2,1-2H3. The van der Waals surface area contributed by atoms with Gasteiger partial charge < -0.3 is 9.47 Å². The fourth-order valence-corrected chi connectivity index (χ4v) is 1.18. The number of aryl methyl sites for hydroxylation is 1. The molecule has 0 radical (unpaired) electrons. The van der Waals surface area contributed by atoms with Gasteiger partial charge in [0.1, 0.15) is 12.4 Å². The van der Waals surface area contributed by atoms with Gasteiger partial charge in [-0.05, 0) is 31.0 Å². The van der Waals surface area contributed by atoms with Crippen molar-refractivity contribution in [3.63, 3.8) is 0 Å². The van der Waals surface area contributed by atoms with Crippen LogP contribution in [-0.2, 0) is 11.2 Å². The van der Waals surface area contributed by atoms with Crippen LogP contribution in [0.25, 0.3) is 0 Å². The highest BCUT2D eigenvalue weighted by Gasteiger charge is 1.93. The van der Waals surface area contributed by atoms with Crippen LogP contribution in [0.3, 0.4) is 0 Å². The molecule has 1 aromatic rings. The first-order valence-electron chi connectivity index (χ1n) is 5.16. The molecule has 0 saturated carbocycles. The average molecular weight is 194 g/mol. The molecular weight excluding hydrogens is 176 g/mol. The number of ether oxygens (including phenoxy) is 2. The van der Waals surface area contributed by atoms with E-state index in [-0.39, 0.29) is 0 Å². The zero-order valence-electron chi connectivity index (χ0n) is 8.95. The molecule has 0 saturated heterocycles. The minimum Gasteiger partial charge on any atom is -0.491 e. The highest BCUT2D eigenvalue weighted by Crippen LogP contribution is 2.12. The van der Waals surface area contributed by atoms with Gasteiger partial charge in [0.2, 0.25) is 0 Å². The third kappa shape index (κ3) is 3.79. The molecule has 0 fully saturated rings. The van der Waals surface area contributed by atoms with Crippen LogP contribution in [0.2, 0.25) is 0 Å². The van der Waals surface area contributed by atoms with Crippen molar-refractivity contribution < 1.29 is 9.47 Å². The van der Waals surface area contributed by atoms with E-state index in [1.165, 1.54) is 5.56 Å². The first-order chi connectivity index (χ1) is 6.86. The van der Waals surface area contributed by atoms with E-state index >= 15 is 0 Å². The van der Waals surface area contributed by atoms with Crippen molar-refractivity contribution in [2.45, 2.75) is 20.3 Å². The molecule has 0 amide bonds. The molecule has 0 atom stereocenters. The van der Waals surface area contributed by atoms with Crippen molar-refractivity contribution in [1.82, 2.24) is 0 Å². The molecule has 0 aliphatic carbocycles. The highest BCUT2D eigenvalue weighted by molar-refractivity contribution is 5.27. The Balaban J connectivity index is 2.29. The lowest BCUT2D eigenvalue weighted by atomic mass is 10.2. The molecule has 1 aromatic carbocycles. The van der Waals surface area contributed by atoms with Gasteiger partial charge in [0.25, 0.3) is 0 Å². The van der Waals surface area contributed by atoms with Crippen molar-refractivity contribution in [2.24, 2.45) is 0 Å². The summed E-state index contributed by atoms with van der Waals surface area (Å²) in [6, 6.07) is 8.20. The van der Waals surface area contributed by atoms with Gasteiger partial charge in [0.05, 0.1) is 6.61 Å². The smallest absolute Gasteiger partial charge is 0.119 e. The predicted molar refractivity (Wildman–Crippen MR) is 57.8 cm³/mol. The summed E-state index contributed by atoms with van der Waals surface area (Å²) in [5.41, 5.74) is 1.34. The SMILES string of the molecule is CCOCCOc1ccc(CC)cc1. The summed E-state index contributed by atoms with van der Waals surface area (Å²) in [7, 11) is 0. The van der Waals surface area contributed by atoms with Gasteiger partial charge in [-0.3, -0.25) is 0 Å². The Kier molecular flexibility index (Phi) is 5.08. The van der Waals surface area contributed by atoms with E-state index in [0.717, 1.165) is 18.8 Å². The second-order valence-electron chi connectivity index (χ2n) is 3.04. The Bertz CT molecular complexity index is 241. The lowest BCUT2D eigenvalue weighted by molar-refractivity contribution is 0.110. The van der Waals surface area contributed by atoms with Crippen LogP contribution in [-0.4, -0.2) is 19.8 Å². The molecule has 0 N–H and O–H groups in total. The summed E-state index contributed by atoms with van der Waals surface area (Å²) in [6.45, 7) is 6.16. The summed E-state index contributed by atoms with van der Waals surface area (Å²) in [4.78, 5) is 0. The Labute approximate surface area is 85.8 Å². The van der Waals surface area contributed by atoms with Crippen LogP contribution in [0, 0.1) is 0 Å². The third-order valence-electron chi connectivity index (χ3n) is 2.03. The molecular formula is C12H18O2. The molecule has 0 aliphatic heterocycles. The van der Waals surface area contributed by atoms with Crippen LogP contribution < -0.4 is 4.74 Å². The highest BCUT2D eigenvalue weighted by atomic mass is 16.5. The van der Waals surface area contributed by atoms with Crippen LogP contribution in [0.1, 0.15) is 19.4 Å². The van der Waals surface area contributed by atoms with Crippen LogP contribution in [0.5, 0.6) is 5.75 Å². The van der Waals surface area contributed by atoms with E-state index < -0.39 is 0 Å². The van der Waals surface area contributed by atoms with Gasteiger partial charge in [-0.1, -0.05) is 19.1 Å². The van der Waals surface area contributed by atoms with Crippen LogP contribution in [0.15, 0.2) is 24.3 Å². The van der Waals surface area contributed by atoms with Crippen molar-refractivity contribution in [3.05, 3.63) is 29.8 Å². The topological polar surface area (TPSA) is 18.5 Å². The first-order valence-corrected chi connectivity index (χ1v) is 5.16. The van der Waals surface area contributed by atoms with Crippen molar-refractivity contribution in [1.29, 1.82) is 0 Å². The van der Waals surface area contributed by atoms with E-state index in [9.17, 15) is 0 Å². The van der Waals surface area contributed by atoms with Gasteiger partial charge >= 0.3 is 0 Å². The summed E-state index contributed by atoms with van der Waals surface area (Å²) in [5.74, 6) is 0.918. The van der Waals surface area contributed by atoms with Crippen molar-refractivity contribution >= 4 is 0 Å². The molecule has 0 heterocycles. The van der Waals surface area contributed by atoms with Gasteiger partial charge in [0.15, 0.2) is 0 Å². The van der Waals surface area contributed by atoms with E-state index in [2.05, 4.69) is 19.1 Å². The Morgan fingerprint density at radius 3 is 2.29 bits per heavy atom. The van der Waals surface area contributed by atoms with Crippen LogP contribution >= 0.6 is 0 Å². The summed E-state index contributed by atoms with van der Waals surface area (Å²) >= 11 is 0. The number of hydrogen-bond donors (Lipinski definition) is 0. The average Bonchev–Trinajstić information content (AvgIpc) is 2.25. The van der Waals surface area contributed by atoms with Gasteiger partial charge in [-0.2, -0.15) is 0 Å². The minimum atomic E-state index is 0.624. The third-order valence-corrected chi connectivity index (χ3v) is 2.03. The molecule has 0 spiro atoms. The molecule has 0 unspecified atom stereocenters. The molecule has 78 valence electrons. The quantitative estimate of drug-likeness (QED) is 0.648. The second-order valence-corrected chi connectivity index (χ2v) is 3.04. The fraction of sp³-hybridized carbons (Fsp3) is 0.500. The van der Waals surface area contributed by atoms with Gasteiger partial charge in [-0.15, -0.1) is 0 Å². The molecule has 0 bridgehead atoms. The van der Waals surface area contributed by atoms with Crippen molar-refractivity contribution in [2.75, 3.05) is 19.8 Å². The van der Waals surface area contributed by atoms with E-state index in [1.807, 2.05) is 19.1 Å². The number of benzene rings is 1. The minimum absolute atomic E-state index is 0.624. The number of hydrogen-bond acceptors (Lipinski definition) is 2. The van der Waals surface area contributed by atoms with Crippen LogP contribution in [0.4, 0.5) is 0 Å². The Morgan fingerprint density at radius 1 is 1.00 bits per heavy atom. The summed E-state index contributed by atoms with van der Waals surface area (Å²) in [5, 5.41) is 0. The van der Waals surface area contributed by atoms with Gasteiger partial charge in [0, 0.05) is 6.61 Å². The van der Waals surface area contributed by atoms with Crippen molar-refractivity contribution in [3.8, 4) is 5.75 Å². The summed E-state index contributed by atoms with van der Waals surface area (Å²) < 4.78 is 10.7. The Hall–Kier alpha value is -1.02. The maximum absolute atomic E-state index is 5.48. The fourth-order valence-electron chi connectivity index (χ4n) is 1.18. The molecule has 0 aliphatic rings. The monoisotopic (exact) mass is 194 g/mol. The molecule has 14 heavy (non-hydrogen) atoms. The molecule has 2 nitrogen and oxygen atoms in total. The van der Waals surface area contributed by atoms with E-state index in [4.69, 9.17) is 9.47 Å². The summed E-state index contributed by atoms with van der Waals surface area (Å²) in [6.07, 6.45) is 1.07. The maximum Gasteiger partial charge on any atom is 0.119 e.